The zero-order valence-electron chi connectivity index (χ0n) is 11.3. The highest BCUT2D eigenvalue weighted by Crippen LogP contribution is 2.26. The lowest BCUT2D eigenvalue weighted by atomic mass is 9.90. The second-order valence-electron chi connectivity index (χ2n) is 5.01. The third-order valence-electron chi connectivity index (χ3n) is 3.50. The SMILES string of the molecule is Cc1ccc(C)c(CC(CCl)c2ccccc2F)c1. The highest BCUT2D eigenvalue weighted by atomic mass is 35.5. The summed E-state index contributed by atoms with van der Waals surface area (Å²) in [6.45, 7) is 4.16. The molecule has 2 heteroatoms. The molecule has 2 aromatic carbocycles. The van der Waals surface area contributed by atoms with Crippen molar-refractivity contribution in [1.29, 1.82) is 0 Å². The molecular formula is C17H18ClF. The van der Waals surface area contributed by atoms with Crippen LogP contribution in [0.2, 0.25) is 0 Å². The average molecular weight is 277 g/mol. The fourth-order valence-corrected chi connectivity index (χ4v) is 2.61. The summed E-state index contributed by atoms with van der Waals surface area (Å²) in [6.07, 6.45) is 0.776. The average Bonchev–Trinajstić information content (AvgIpc) is 2.41. The molecule has 0 radical (unpaired) electrons. The van der Waals surface area contributed by atoms with Gasteiger partial charge in [0, 0.05) is 11.8 Å². The first-order valence-corrected chi connectivity index (χ1v) is 7.01. The lowest BCUT2D eigenvalue weighted by Gasteiger charge is -2.17. The molecule has 19 heavy (non-hydrogen) atoms. The number of alkyl halides is 1. The van der Waals surface area contributed by atoms with Crippen molar-refractivity contribution in [3.05, 3.63) is 70.5 Å². The van der Waals surface area contributed by atoms with Crippen LogP contribution < -0.4 is 0 Å². The van der Waals surface area contributed by atoms with Gasteiger partial charge < -0.3 is 0 Å². The van der Waals surface area contributed by atoms with Gasteiger partial charge >= 0.3 is 0 Å². The van der Waals surface area contributed by atoms with Gasteiger partial charge in [-0.1, -0.05) is 42.0 Å². The second-order valence-corrected chi connectivity index (χ2v) is 5.32. The second kappa shape index (κ2) is 6.21. The first-order valence-electron chi connectivity index (χ1n) is 6.48. The van der Waals surface area contributed by atoms with Crippen LogP contribution in [0.1, 0.15) is 28.2 Å². The highest BCUT2D eigenvalue weighted by Gasteiger charge is 2.16. The third kappa shape index (κ3) is 3.36. The molecule has 0 saturated carbocycles. The summed E-state index contributed by atoms with van der Waals surface area (Å²) < 4.78 is 13.9. The molecule has 1 atom stereocenters. The van der Waals surface area contributed by atoms with Crippen LogP contribution in [0.3, 0.4) is 0 Å². The molecule has 0 spiro atoms. The largest absolute Gasteiger partial charge is 0.207 e. The van der Waals surface area contributed by atoms with E-state index in [1.54, 1.807) is 6.07 Å². The van der Waals surface area contributed by atoms with Gasteiger partial charge in [0.25, 0.3) is 0 Å². The molecule has 0 aromatic heterocycles. The Morgan fingerprint density at radius 1 is 1.11 bits per heavy atom. The van der Waals surface area contributed by atoms with Crippen molar-refractivity contribution in [3.8, 4) is 0 Å². The molecule has 0 aliphatic rings. The quantitative estimate of drug-likeness (QED) is 0.689. The van der Waals surface area contributed by atoms with Crippen molar-refractivity contribution in [2.75, 3.05) is 5.88 Å². The predicted octanol–water partition coefficient (Wildman–Crippen LogP) is 5.01. The van der Waals surface area contributed by atoms with Gasteiger partial charge in [-0.3, -0.25) is 0 Å². The minimum Gasteiger partial charge on any atom is -0.207 e. The van der Waals surface area contributed by atoms with Gasteiger partial charge in [0.2, 0.25) is 0 Å². The Morgan fingerprint density at radius 2 is 1.84 bits per heavy atom. The lowest BCUT2D eigenvalue weighted by Crippen LogP contribution is -2.08. The van der Waals surface area contributed by atoms with Crippen LogP contribution in [-0.4, -0.2) is 5.88 Å². The summed E-state index contributed by atoms with van der Waals surface area (Å²) in [4.78, 5) is 0. The summed E-state index contributed by atoms with van der Waals surface area (Å²) in [6, 6.07) is 13.3. The highest BCUT2D eigenvalue weighted by molar-refractivity contribution is 6.18. The Kier molecular flexibility index (Phi) is 4.60. The number of rotatable bonds is 4. The van der Waals surface area contributed by atoms with E-state index in [9.17, 15) is 4.39 Å². The van der Waals surface area contributed by atoms with E-state index in [0.29, 0.717) is 11.4 Å². The smallest absolute Gasteiger partial charge is 0.126 e. The number of aryl methyl sites for hydroxylation is 2. The monoisotopic (exact) mass is 276 g/mol. The zero-order chi connectivity index (χ0) is 13.8. The van der Waals surface area contributed by atoms with Gasteiger partial charge in [-0.15, -0.1) is 11.6 Å². The minimum absolute atomic E-state index is 0.0170. The number of halogens is 2. The molecule has 0 fully saturated rings. The Balaban J connectivity index is 2.29. The standard InChI is InChI=1S/C17H18ClF/c1-12-7-8-13(2)14(9-12)10-15(11-18)16-5-3-4-6-17(16)19/h3-9,15H,10-11H2,1-2H3. The van der Waals surface area contributed by atoms with Crippen molar-refractivity contribution in [2.45, 2.75) is 26.2 Å². The van der Waals surface area contributed by atoms with E-state index in [4.69, 9.17) is 11.6 Å². The fraction of sp³-hybridized carbons (Fsp3) is 0.294. The van der Waals surface area contributed by atoms with Gasteiger partial charge in [-0.05, 0) is 43.0 Å². The van der Waals surface area contributed by atoms with Crippen molar-refractivity contribution in [3.63, 3.8) is 0 Å². The van der Waals surface area contributed by atoms with E-state index >= 15 is 0 Å². The first-order chi connectivity index (χ1) is 9.11. The van der Waals surface area contributed by atoms with Crippen LogP contribution in [0.25, 0.3) is 0 Å². The normalized spacial score (nSPS) is 12.4. The van der Waals surface area contributed by atoms with E-state index in [1.807, 2.05) is 12.1 Å². The number of hydrogen-bond acceptors (Lipinski definition) is 0. The van der Waals surface area contributed by atoms with Gasteiger partial charge in [0.15, 0.2) is 0 Å². The van der Waals surface area contributed by atoms with Gasteiger partial charge in [0.05, 0.1) is 0 Å². The lowest BCUT2D eigenvalue weighted by molar-refractivity contribution is 0.588. The van der Waals surface area contributed by atoms with E-state index in [-0.39, 0.29) is 11.7 Å². The molecule has 0 saturated heterocycles. The summed E-state index contributed by atoms with van der Waals surface area (Å²) in [5, 5.41) is 0. The molecule has 2 rings (SSSR count). The van der Waals surface area contributed by atoms with Crippen molar-refractivity contribution >= 4 is 11.6 Å². The predicted molar refractivity (Wildman–Crippen MR) is 79.5 cm³/mol. The first kappa shape index (κ1) is 14.1. The molecule has 0 bridgehead atoms. The summed E-state index contributed by atoms with van der Waals surface area (Å²) in [5.74, 6) is 0.274. The van der Waals surface area contributed by atoms with E-state index in [2.05, 4.69) is 32.0 Å². The maximum Gasteiger partial charge on any atom is 0.126 e. The Bertz CT molecular complexity index is 563. The maximum atomic E-state index is 13.9. The molecule has 100 valence electrons. The molecule has 0 aliphatic carbocycles. The van der Waals surface area contributed by atoms with Gasteiger partial charge in [-0.25, -0.2) is 4.39 Å². The molecule has 0 heterocycles. The molecule has 0 N–H and O–H groups in total. The fourth-order valence-electron chi connectivity index (χ4n) is 2.34. The summed E-state index contributed by atoms with van der Waals surface area (Å²) in [7, 11) is 0. The van der Waals surface area contributed by atoms with Gasteiger partial charge in [-0.2, -0.15) is 0 Å². The molecule has 0 amide bonds. The van der Waals surface area contributed by atoms with Gasteiger partial charge in [0.1, 0.15) is 5.82 Å². The van der Waals surface area contributed by atoms with E-state index < -0.39 is 0 Å². The molecule has 0 nitrogen and oxygen atoms in total. The Labute approximate surface area is 119 Å². The van der Waals surface area contributed by atoms with Crippen LogP contribution >= 0.6 is 11.6 Å². The topological polar surface area (TPSA) is 0 Å². The van der Waals surface area contributed by atoms with Crippen LogP contribution in [-0.2, 0) is 6.42 Å². The minimum atomic E-state index is -0.168. The molecule has 0 aliphatic heterocycles. The molecule has 2 aromatic rings. The van der Waals surface area contributed by atoms with Crippen LogP contribution in [0, 0.1) is 19.7 Å². The maximum absolute atomic E-state index is 13.9. The molecule has 1 unspecified atom stereocenters. The summed E-state index contributed by atoms with van der Waals surface area (Å²) >= 11 is 6.05. The van der Waals surface area contributed by atoms with Crippen LogP contribution in [0.4, 0.5) is 4.39 Å². The van der Waals surface area contributed by atoms with E-state index in [0.717, 1.165) is 6.42 Å². The van der Waals surface area contributed by atoms with E-state index in [1.165, 1.54) is 22.8 Å². The van der Waals surface area contributed by atoms with Crippen LogP contribution in [0.15, 0.2) is 42.5 Å². The summed E-state index contributed by atoms with van der Waals surface area (Å²) in [5.41, 5.74) is 4.41. The number of hydrogen-bond donors (Lipinski definition) is 0. The Hall–Kier alpha value is -1.34. The van der Waals surface area contributed by atoms with Crippen molar-refractivity contribution in [1.82, 2.24) is 0 Å². The van der Waals surface area contributed by atoms with Crippen molar-refractivity contribution < 1.29 is 4.39 Å². The van der Waals surface area contributed by atoms with Crippen molar-refractivity contribution in [2.24, 2.45) is 0 Å². The number of benzene rings is 2. The Morgan fingerprint density at radius 3 is 2.53 bits per heavy atom. The van der Waals surface area contributed by atoms with Crippen LogP contribution in [0.5, 0.6) is 0 Å². The third-order valence-corrected chi connectivity index (χ3v) is 3.87. The molecular weight excluding hydrogens is 259 g/mol. The zero-order valence-corrected chi connectivity index (χ0v) is 12.0.